The molecule has 78 valence electrons. The maximum atomic E-state index is 5.73. The first-order chi connectivity index (χ1) is 6.58. The topological polar surface area (TPSA) is 37.8 Å². The molecule has 0 aliphatic carbocycles. The van der Waals surface area contributed by atoms with E-state index in [1.54, 1.807) is 0 Å². The Kier molecular flexibility index (Phi) is 4.14. The Labute approximate surface area is 89.9 Å². The van der Waals surface area contributed by atoms with Crippen LogP contribution in [0.1, 0.15) is 26.0 Å². The zero-order chi connectivity index (χ0) is 10.6. The highest BCUT2D eigenvalue weighted by Crippen LogP contribution is 2.10. The van der Waals surface area contributed by atoms with Crippen molar-refractivity contribution >= 4 is 17.4 Å². The molecule has 1 aromatic rings. The molecule has 0 aliphatic rings. The molecule has 0 fully saturated rings. The molecule has 0 unspecified atom stereocenters. The standard InChI is InChI=1S/C10H16ClN3/c1-7(2)4-5-12-9-6-8(3)13-10(11)14-9/h6-7H,4-5H2,1-3H3,(H,12,13,14). The molecular formula is C10H16ClN3. The van der Waals surface area contributed by atoms with Gasteiger partial charge < -0.3 is 5.32 Å². The van der Waals surface area contributed by atoms with Gasteiger partial charge in [-0.1, -0.05) is 13.8 Å². The summed E-state index contributed by atoms with van der Waals surface area (Å²) in [4.78, 5) is 8.07. The molecule has 0 radical (unpaired) electrons. The Balaban J connectivity index is 2.50. The van der Waals surface area contributed by atoms with Crippen LogP contribution in [0.4, 0.5) is 5.82 Å². The maximum absolute atomic E-state index is 5.73. The van der Waals surface area contributed by atoms with Gasteiger partial charge >= 0.3 is 0 Å². The van der Waals surface area contributed by atoms with Gasteiger partial charge in [-0.25, -0.2) is 9.97 Å². The van der Waals surface area contributed by atoms with Crippen molar-refractivity contribution in [3.05, 3.63) is 17.0 Å². The number of nitrogens with one attached hydrogen (secondary N) is 1. The van der Waals surface area contributed by atoms with Gasteiger partial charge in [-0.3, -0.25) is 0 Å². The lowest BCUT2D eigenvalue weighted by Gasteiger charge is -2.07. The van der Waals surface area contributed by atoms with Crippen LogP contribution >= 0.6 is 11.6 Å². The number of rotatable bonds is 4. The average Bonchev–Trinajstić information content (AvgIpc) is 2.01. The average molecular weight is 214 g/mol. The summed E-state index contributed by atoms with van der Waals surface area (Å²) >= 11 is 5.73. The summed E-state index contributed by atoms with van der Waals surface area (Å²) in [5.74, 6) is 1.50. The molecular weight excluding hydrogens is 198 g/mol. The largest absolute Gasteiger partial charge is 0.370 e. The van der Waals surface area contributed by atoms with Crippen LogP contribution in [0.3, 0.4) is 0 Å². The van der Waals surface area contributed by atoms with Crippen molar-refractivity contribution < 1.29 is 0 Å². The van der Waals surface area contributed by atoms with Crippen molar-refractivity contribution in [1.82, 2.24) is 9.97 Å². The molecule has 0 atom stereocenters. The van der Waals surface area contributed by atoms with E-state index in [1.165, 1.54) is 0 Å². The predicted molar refractivity (Wildman–Crippen MR) is 59.7 cm³/mol. The predicted octanol–water partition coefficient (Wildman–Crippen LogP) is 2.90. The number of halogens is 1. The third-order valence-corrected chi connectivity index (χ3v) is 2.02. The highest BCUT2D eigenvalue weighted by molar-refractivity contribution is 6.28. The van der Waals surface area contributed by atoms with E-state index in [0.717, 1.165) is 24.5 Å². The van der Waals surface area contributed by atoms with Crippen LogP contribution in [0.2, 0.25) is 5.28 Å². The Morgan fingerprint density at radius 3 is 2.71 bits per heavy atom. The summed E-state index contributed by atoms with van der Waals surface area (Å²) in [6.07, 6.45) is 1.13. The van der Waals surface area contributed by atoms with Gasteiger partial charge in [0.05, 0.1) is 0 Å². The number of aryl methyl sites for hydroxylation is 1. The number of hydrogen-bond donors (Lipinski definition) is 1. The van der Waals surface area contributed by atoms with Crippen molar-refractivity contribution in [2.45, 2.75) is 27.2 Å². The van der Waals surface area contributed by atoms with E-state index < -0.39 is 0 Å². The van der Waals surface area contributed by atoms with Crippen LogP contribution in [0, 0.1) is 12.8 Å². The van der Waals surface area contributed by atoms with Crippen molar-refractivity contribution in [2.24, 2.45) is 5.92 Å². The molecule has 1 aromatic heterocycles. The van der Waals surface area contributed by atoms with E-state index in [4.69, 9.17) is 11.6 Å². The molecule has 0 amide bonds. The number of nitrogens with zero attached hydrogens (tertiary/aromatic N) is 2. The lowest BCUT2D eigenvalue weighted by Crippen LogP contribution is -2.06. The van der Waals surface area contributed by atoms with Crippen LogP contribution in [-0.2, 0) is 0 Å². The van der Waals surface area contributed by atoms with Crippen molar-refractivity contribution in [3.8, 4) is 0 Å². The summed E-state index contributed by atoms with van der Waals surface area (Å²) in [5.41, 5.74) is 0.886. The molecule has 0 aliphatic heterocycles. The SMILES string of the molecule is Cc1cc(NCCC(C)C)nc(Cl)n1. The molecule has 0 bridgehead atoms. The molecule has 14 heavy (non-hydrogen) atoms. The number of aromatic nitrogens is 2. The lowest BCUT2D eigenvalue weighted by molar-refractivity contribution is 0.606. The first kappa shape index (κ1) is 11.2. The second-order valence-corrected chi connectivity index (χ2v) is 4.11. The van der Waals surface area contributed by atoms with E-state index in [0.29, 0.717) is 11.2 Å². The highest BCUT2D eigenvalue weighted by Gasteiger charge is 1.99. The monoisotopic (exact) mass is 213 g/mol. The Hall–Kier alpha value is -0.830. The van der Waals surface area contributed by atoms with E-state index >= 15 is 0 Å². The first-order valence-electron chi connectivity index (χ1n) is 4.83. The third kappa shape index (κ3) is 3.92. The summed E-state index contributed by atoms with van der Waals surface area (Å²) in [6, 6.07) is 1.90. The first-order valence-corrected chi connectivity index (χ1v) is 5.21. The van der Waals surface area contributed by atoms with Gasteiger partial charge in [0.1, 0.15) is 5.82 Å². The van der Waals surface area contributed by atoms with Crippen molar-refractivity contribution in [3.63, 3.8) is 0 Å². The van der Waals surface area contributed by atoms with Crippen molar-refractivity contribution in [2.75, 3.05) is 11.9 Å². The van der Waals surface area contributed by atoms with Gasteiger partial charge in [0.2, 0.25) is 5.28 Å². The number of hydrogen-bond acceptors (Lipinski definition) is 3. The molecule has 0 spiro atoms. The summed E-state index contributed by atoms with van der Waals surface area (Å²) in [6.45, 7) is 7.21. The van der Waals surface area contributed by atoms with Crippen LogP contribution in [0.25, 0.3) is 0 Å². The molecule has 0 saturated carbocycles. The fourth-order valence-electron chi connectivity index (χ4n) is 1.11. The summed E-state index contributed by atoms with van der Waals surface area (Å²) < 4.78 is 0. The molecule has 0 aromatic carbocycles. The minimum absolute atomic E-state index is 0.303. The van der Waals surface area contributed by atoms with E-state index in [-0.39, 0.29) is 0 Å². The van der Waals surface area contributed by atoms with Gasteiger partial charge in [0, 0.05) is 18.3 Å². The summed E-state index contributed by atoms with van der Waals surface area (Å²) in [7, 11) is 0. The quantitative estimate of drug-likeness (QED) is 0.782. The highest BCUT2D eigenvalue weighted by atomic mass is 35.5. The summed E-state index contributed by atoms with van der Waals surface area (Å²) in [5, 5.41) is 3.52. The Bertz CT molecular complexity index is 279. The van der Waals surface area contributed by atoms with Crippen LogP contribution in [0.5, 0.6) is 0 Å². The van der Waals surface area contributed by atoms with Gasteiger partial charge in [-0.2, -0.15) is 0 Å². The molecule has 3 nitrogen and oxygen atoms in total. The van der Waals surface area contributed by atoms with E-state index in [1.807, 2.05) is 13.0 Å². The van der Waals surface area contributed by atoms with Gasteiger partial charge in [0.15, 0.2) is 0 Å². The second kappa shape index (κ2) is 5.15. The zero-order valence-electron chi connectivity index (χ0n) is 8.84. The second-order valence-electron chi connectivity index (χ2n) is 3.77. The minimum atomic E-state index is 0.303. The molecule has 0 saturated heterocycles. The smallest absolute Gasteiger partial charge is 0.224 e. The Morgan fingerprint density at radius 2 is 2.14 bits per heavy atom. The maximum Gasteiger partial charge on any atom is 0.224 e. The third-order valence-electron chi connectivity index (χ3n) is 1.85. The normalized spacial score (nSPS) is 10.6. The van der Waals surface area contributed by atoms with Crippen molar-refractivity contribution in [1.29, 1.82) is 0 Å². The van der Waals surface area contributed by atoms with Gasteiger partial charge in [-0.05, 0) is 30.9 Å². The molecule has 1 rings (SSSR count). The zero-order valence-corrected chi connectivity index (χ0v) is 9.60. The molecule has 1 N–H and O–H groups in total. The van der Waals surface area contributed by atoms with Gasteiger partial charge in [-0.15, -0.1) is 0 Å². The lowest BCUT2D eigenvalue weighted by atomic mass is 10.1. The minimum Gasteiger partial charge on any atom is -0.370 e. The molecule has 1 heterocycles. The van der Waals surface area contributed by atoms with Crippen LogP contribution < -0.4 is 5.32 Å². The fraction of sp³-hybridized carbons (Fsp3) is 0.600. The molecule has 4 heteroatoms. The van der Waals surface area contributed by atoms with Crippen LogP contribution in [0.15, 0.2) is 6.07 Å². The van der Waals surface area contributed by atoms with E-state index in [2.05, 4.69) is 29.1 Å². The number of anilines is 1. The Morgan fingerprint density at radius 1 is 1.43 bits per heavy atom. The van der Waals surface area contributed by atoms with E-state index in [9.17, 15) is 0 Å². The fourth-order valence-corrected chi connectivity index (χ4v) is 1.34. The van der Waals surface area contributed by atoms with Gasteiger partial charge in [0.25, 0.3) is 0 Å². The van der Waals surface area contributed by atoms with Crippen LogP contribution in [-0.4, -0.2) is 16.5 Å².